The van der Waals surface area contributed by atoms with Gasteiger partial charge in [0.15, 0.2) is 5.16 Å². The fourth-order valence-electron chi connectivity index (χ4n) is 1.63. The van der Waals surface area contributed by atoms with Crippen LogP contribution < -0.4 is 11.0 Å². The van der Waals surface area contributed by atoms with Gasteiger partial charge in [-0.2, -0.15) is 0 Å². The lowest BCUT2D eigenvalue weighted by Crippen LogP contribution is -2.35. The summed E-state index contributed by atoms with van der Waals surface area (Å²) in [6.07, 6.45) is 0. The van der Waals surface area contributed by atoms with Crippen molar-refractivity contribution < 1.29 is 0 Å². The van der Waals surface area contributed by atoms with Crippen LogP contribution in [0.25, 0.3) is 0 Å². The van der Waals surface area contributed by atoms with Crippen molar-refractivity contribution in [2.24, 2.45) is 7.05 Å². The lowest BCUT2D eigenvalue weighted by Gasteiger charge is -2.21. The molecule has 0 saturated carbocycles. The molecule has 20 heavy (non-hydrogen) atoms. The van der Waals surface area contributed by atoms with Crippen molar-refractivity contribution in [1.82, 2.24) is 20.1 Å². The Hall–Kier alpha value is -1.53. The smallest absolute Gasteiger partial charge is 0.308 e. The first-order valence-electron chi connectivity index (χ1n) is 6.49. The molecule has 0 radical (unpaired) electrons. The molecule has 2 aromatic rings. The molecule has 1 aromatic heterocycles. The molecule has 0 fully saturated rings. The zero-order valence-electron chi connectivity index (χ0n) is 12.2. The maximum Gasteiger partial charge on any atom is 0.343 e. The minimum absolute atomic E-state index is 0.0664. The lowest BCUT2D eigenvalue weighted by atomic mass is 10.1. The highest BCUT2D eigenvalue weighted by molar-refractivity contribution is 7.99. The molecule has 1 aromatic carbocycles. The van der Waals surface area contributed by atoms with Gasteiger partial charge >= 0.3 is 5.69 Å². The first kappa shape index (κ1) is 14.9. The number of benzene rings is 1. The summed E-state index contributed by atoms with van der Waals surface area (Å²) < 4.78 is 1.51. The van der Waals surface area contributed by atoms with Crippen LogP contribution in [0.4, 0.5) is 0 Å². The Balaban J connectivity index is 2.20. The molecule has 0 bridgehead atoms. The molecule has 1 heterocycles. The number of nitrogens with one attached hydrogen (secondary N) is 2. The van der Waals surface area contributed by atoms with E-state index in [-0.39, 0.29) is 11.2 Å². The second-order valence-electron chi connectivity index (χ2n) is 5.68. The number of hydrogen-bond donors (Lipinski definition) is 2. The average molecular weight is 292 g/mol. The first-order chi connectivity index (χ1) is 9.37. The van der Waals surface area contributed by atoms with Gasteiger partial charge in [0.25, 0.3) is 0 Å². The maximum absolute atomic E-state index is 11.4. The van der Waals surface area contributed by atoms with Gasteiger partial charge in [0.1, 0.15) is 0 Å². The topological polar surface area (TPSA) is 62.7 Å². The molecule has 0 amide bonds. The third kappa shape index (κ3) is 3.74. The molecule has 0 aliphatic carbocycles. The van der Waals surface area contributed by atoms with Crippen LogP contribution in [-0.2, 0) is 13.6 Å². The monoisotopic (exact) mass is 292 g/mol. The number of hydrogen-bond acceptors (Lipinski definition) is 4. The Kier molecular flexibility index (Phi) is 4.35. The lowest BCUT2D eigenvalue weighted by molar-refractivity contribution is 0.422. The van der Waals surface area contributed by atoms with Crippen molar-refractivity contribution in [2.75, 3.05) is 0 Å². The van der Waals surface area contributed by atoms with Crippen molar-refractivity contribution in [3.05, 3.63) is 40.3 Å². The highest BCUT2D eigenvalue weighted by Crippen LogP contribution is 2.28. The predicted molar refractivity (Wildman–Crippen MR) is 81.0 cm³/mol. The second kappa shape index (κ2) is 5.85. The van der Waals surface area contributed by atoms with Crippen LogP contribution in [0.2, 0.25) is 0 Å². The number of aromatic nitrogens is 3. The van der Waals surface area contributed by atoms with Gasteiger partial charge in [-0.25, -0.2) is 9.89 Å². The van der Waals surface area contributed by atoms with E-state index in [0.717, 1.165) is 11.4 Å². The van der Waals surface area contributed by atoms with E-state index >= 15 is 0 Å². The molecule has 0 aliphatic heterocycles. The first-order valence-corrected chi connectivity index (χ1v) is 7.30. The Morgan fingerprint density at radius 2 is 2.05 bits per heavy atom. The largest absolute Gasteiger partial charge is 0.343 e. The van der Waals surface area contributed by atoms with Crippen molar-refractivity contribution in [1.29, 1.82) is 0 Å². The molecule has 6 heteroatoms. The molecule has 5 nitrogen and oxygen atoms in total. The normalized spacial score (nSPS) is 11.8. The molecule has 0 aliphatic rings. The van der Waals surface area contributed by atoms with E-state index in [0.29, 0.717) is 5.16 Å². The third-order valence-electron chi connectivity index (χ3n) is 2.82. The molecule has 0 saturated heterocycles. The summed E-state index contributed by atoms with van der Waals surface area (Å²) in [5.41, 5.74) is 1.07. The third-order valence-corrected chi connectivity index (χ3v) is 3.99. The highest BCUT2D eigenvalue weighted by atomic mass is 32.2. The van der Waals surface area contributed by atoms with E-state index in [1.165, 1.54) is 21.9 Å². The number of aromatic amines is 1. The van der Waals surface area contributed by atoms with E-state index in [1.54, 1.807) is 7.05 Å². The average Bonchev–Trinajstić information content (AvgIpc) is 2.69. The van der Waals surface area contributed by atoms with E-state index in [9.17, 15) is 4.79 Å². The summed E-state index contributed by atoms with van der Waals surface area (Å²) >= 11 is 1.49. The van der Waals surface area contributed by atoms with Gasteiger partial charge in [-0.05, 0) is 44.2 Å². The van der Waals surface area contributed by atoms with Crippen LogP contribution in [0.3, 0.4) is 0 Å². The van der Waals surface area contributed by atoms with E-state index in [1.807, 2.05) is 18.2 Å². The van der Waals surface area contributed by atoms with Gasteiger partial charge in [0.2, 0.25) is 0 Å². The molecule has 0 spiro atoms. The fraction of sp³-hybridized carbons (Fsp3) is 0.429. The summed E-state index contributed by atoms with van der Waals surface area (Å²) in [5.74, 6) is 0. The molecule has 0 atom stereocenters. The zero-order valence-corrected chi connectivity index (χ0v) is 13.0. The van der Waals surface area contributed by atoms with Crippen LogP contribution in [0.1, 0.15) is 26.3 Å². The van der Waals surface area contributed by atoms with E-state index in [2.05, 4.69) is 42.4 Å². The van der Waals surface area contributed by atoms with E-state index < -0.39 is 0 Å². The fourth-order valence-corrected chi connectivity index (χ4v) is 2.56. The van der Waals surface area contributed by atoms with Crippen molar-refractivity contribution in [2.45, 2.75) is 42.9 Å². The zero-order chi connectivity index (χ0) is 14.8. The van der Waals surface area contributed by atoms with Crippen LogP contribution in [0.5, 0.6) is 0 Å². The molecular weight excluding hydrogens is 272 g/mol. The Labute approximate surface area is 122 Å². The van der Waals surface area contributed by atoms with Gasteiger partial charge in [0, 0.05) is 24.0 Å². The van der Waals surface area contributed by atoms with Crippen molar-refractivity contribution >= 4 is 11.8 Å². The highest BCUT2D eigenvalue weighted by Gasteiger charge is 2.12. The summed E-state index contributed by atoms with van der Waals surface area (Å²) in [7, 11) is 1.71. The van der Waals surface area contributed by atoms with Crippen LogP contribution in [0.15, 0.2) is 39.1 Å². The van der Waals surface area contributed by atoms with Crippen molar-refractivity contribution in [3.63, 3.8) is 0 Å². The van der Waals surface area contributed by atoms with Gasteiger partial charge in [-0.15, -0.1) is 5.10 Å². The van der Waals surface area contributed by atoms with Crippen LogP contribution in [0, 0.1) is 0 Å². The molecule has 2 rings (SSSR count). The van der Waals surface area contributed by atoms with Crippen LogP contribution in [-0.4, -0.2) is 20.3 Å². The van der Waals surface area contributed by atoms with E-state index in [4.69, 9.17) is 0 Å². The Morgan fingerprint density at radius 1 is 1.35 bits per heavy atom. The van der Waals surface area contributed by atoms with Gasteiger partial charge in [-0.3, -0.25) is 4.57 Å². The molecule has 0 unspecified atom stereocenters. The predicted octanol–water partition coefficient (Wildman–Crippen LogP) is 2.15. The maximum atomic E-state index is 11.4. The van der Waals surface area contributed by atoms with Crippen molar-refractivity contribution in [3.8, 4) is 0 Å². The Morgan fingerprint density at radius 3 is 2.65 bits per heavy atom. The van der Waals surface area contributed by atoms with Crippen LogP contribution >= 0.6 is 11.8 Å². The molecular formula is C14H20N4OS. The summed E-state index contributed by atoms with van der Waals surface area (Å²) in [6, 6.07) is 8.15. The minimum atomic E-state index is -0.196. The summed E-state index contributed by atoms with van der Waals surface area (Å²) in [5, 5.41) is 10.6. The molecule has 2 N–H and O–H groups in total. The Bertz CT molecular complexity index is 639. The standard InChI is InChI=1S/C14H20N4OS/c1-14(2,3)15-9-10-7-5-6-8-11(10)20-13-17-16-12(19)18(13)4/h5-8,15H,9H2,1-4H3,(H,16,19). The quantitative estimate of drug-likeness (QED) is 0.906. The van der Waals surface area contributed by atoms with Gasteiger partial charge in [-0.1, -0.05) is 18.2 Å². The number of H-pyrrole nitrogens is 1. The van der Waals surface area contributed by atoms with Gasteiger partial charge < -0.3 is 5.32 Å². The summed E-state index contributed by atoms with van der Waals surface area (Å²) in [4.78, 5) is 12.5. The number of nitrogens with zero attached hydrogens (tertiary/aromatic N) is 2. The minimum Gasteiger partial charge on any atom is -0.308 e. The summed E-state index contributed by atoms with van der Waals surface area (Å²) in [6.45, 7) is 7.20. The molecule has 108 valence electrons. The number of rotatable bonds is 4. The SMILES string of the molecule is Cn1c(Sc2ccccc2CNC(C)(C)C)n[nH]c1=O. The van der Waals surface area contributed by atoms with Gasteiger partial charge in [0.05, 0.1) is 0 Å². The second-order valence-corrected chi connectivity index (χ2v) is 6.69.